The third kappa shape index (κ3) is 3.02. The lowest BCUT2D eigenvalue weighted by atomic mass is 9.97. The monoisotopic (exact) mass is 207 g/mol. The minimum absolute atomic E-state index is 0.0241. The molecule has 0 aromatic heterocycles. The van der Waals surface area contributed by atoms with Gasteiger partial charge in [0.25, 0.3) is 0 Å². The summed E-state index contributed by atoms with van der Waals surface area (Å²) < 4.78 is 0. The summed E-state index contributed by atoms with van der Waals surface area (Å²) in [5.41, 5.74) is 5.26. The Morgan fingerprint density at radius 3 is 2.13 bits per heavy atom. The minimum Gasteiger partial charge on any atom is -0.300 e. The van der Waals surface area contributed by atoms with Crippen LogP contribution in [0.25, 0.3) is 0 Å². The van der Waals surface area contributed by atoms with Crippen molar-refractivity contribution in [3.8, 4) is 0 Å². The summed E-state index contributed by atoms with van der Waals surface area (Å²) in [4.78, 5) is 0. The van der Waals surface area contributed by atoms with E-state index in [0.29, 0.717) is 5.92 Å². The zero-order valence-electron chi connectivity index (χ0n) is 9.75. The third-order valence-electron chi connectivity index (χ3n) is 2.91. The predicted molar refractivity (Wildman–Crippen MR) is 64.3 cm³/mol. The second kappa shape index (κ2) is 5.85. The zero-order valence-corrected chi connectivity index (χ0v) is 9.75. The molecule has 1 aromatic carbocycles. The molecule has 84 valence electrons. The lowest BCUT2D eigenvalue weighted by Crippen LogP contribution is -2.36. The Morgan fingerprint density at radius 2 is 1.73 bits per heavy atom. The largest absolute Gasteiger partial charge is 0.300 e. The summed E-state index contributed by atoms with van der Waals surface area (Å²) in [5, 5.41) is 3.09. The fourth-order valence-corrected chi connectivity index (χ4v) is 1.60. The molecule has 0 radical (unpaired) electrons. The van der Waals surface area contributed by atoms with Crippen LogP contribution in [0.15, 0.2) is 24.3 Å². The number of nitrogens with two attached hydrogens (primary N) is 1. The SMILES string of the molecule is CCC(C)c1ccc(C(NC)NN)cc1. The highest BCUT2D eigenvalue weighted by molar-refractivity contribution is 5.26. The van der Waals surface area contributed by atoms with Crippen molar-refractivity contribution in [1.82, 2.24) is 10.7 Å². The maximum atomic E-state index is 5.43. The number of benzene rings is 1. The van der Waals surface area contributed by atoms with E-state index < -0.39 is 0 Å². The first kappa shape index (κ1) is 12.2. The second-order valence-corrected chi connectivity index (χ2v) is 3.86. The highest BCUT2D eigenvalue weighted by Gasteiger charge is 2.07. The van der Waals surface area contributed by atoms with E-state index >= 15 is 0 Å². The standard InChI is InChI=1S/C12H21N3/c1-4-9(2)10-5-7-11(8-6-10)12(14-3)15-13/h5-9,12,14-15H,4,13H2,1-3H3. The van der Waals surface area contributed by atoms with Gasteiger partial charge in [-0.1, -0.05) is 38.1 Å². The lowest BCUT2D eigenvalue weighted by Gasteiger charge is -2.16. The highest BCUT2D eigenvalue weighted by Crippen LogP contribution is 2.20. The maximum absolute atomic E-state index is 5.43. The van der Waals surface area contributed by atoms with E-state index in [1.165, 1.54) is 12.0 Å². The normalized spacial score (nSPS) is 14.9. The fraction of sp³-hybridized carbons (Fsp3) is 0.500. The van der Waals surface area contributed by atoms with Gasteiger partial charge in [0.15, 0.2) is 0 Å². The summed E-state index contributed by atoms with van der Waals surface area (Å²) in [7, 11) is 1.88. The summed E-state index contributed by atoms with van der Waals surface area (Å²) in [5.74, 6) is 6.05. The van der Waals surface area contributed by atoms with Crippen LogP contribution in [-0.4, -0.2) is 7.05 Å². The van der Waals surface area contributed by atoms with Gasteiger partial charge >= 0.3 is 0 Å². The zero-order chi connectivity index (χ0) is 11.3. The molecule has 0 spiro atoms. The van der Waals surface area contributed by atoms with E-state index in [4.69, 9.17) is 5.84 Å². The number of rotatable bonds is 5. The molecule has 2 unspecified atom stereocenters. The summed E-state index contributed by atoms with van der Waals surface area (Å²) in [6, 6.07) is 8.57. The first-order chi connectivity index (χ1) is 7.22. The van der Waals surface area contributed by atoms with Gasteiger partial charge in [-0.25, -0.2) is 5.43 Å². The Bertz CT molecular complexity index is 277. The van der Waals surface area contributed by atoms with Crippen LogP contribution in [0.5, 0.6) is 0 Å². The van der Waals surface area contributed by atoms with Crippen molar-refractivity contribution in [3.63, 3.8) is 0 Å². The van der Waals surface area contributed by atoms with Crippen LogP contribution in [0.2, 0.25) is 0 Å². The van der Waals surface area contributed by atoms with Crippen LogP contribution < -0.4 is 16.6 Å². The molecule has 0 aliphatic heterocycles. The van der Waals surface area contributed by atoms with Crippen molar-refractivity contribution in [3.05, 3.63) is 35.4 Å². The maximum Gasteiger partial charge on any atom is 0.0958 e. The van der Waals surface area contributed by atoms with Gasteiger partial charge in [-0.15, -0.1) is 0 Å². The summed E-state index contributed by atoms with van der Waals surface area (Å²) in [6.07, 6.45) is 1.19. The predicted octanol–water partition coefficient (Wildman–Crippen LogP) is 1.88. The van der Waals surface area contributed by atoms with Crippen LogP contribution in [0.4, 0.5) is 0 Å². The molecule has 3 nitrogen and oxygen atoms in total. The molecule has 0 saturated carbocycles. The van der Waals surface area contributed by atoms with Gasteiger partial charge in [0.05, 0.1) is 6.17 Å². The first-order valence-corrected chi connectivity index (χ1v) is 5.46. The minimum atomic E-state index is 0.0241. The summed E-state index contributed by atoms with van der Waals surface area (Å²) in [6.45, 7) is 4.45. The smallest absolute Gasteiger partial charge is 0.0958 e. The lowest BCUT2D eigenvalue weighted by molar-refractivity contribution is 0.488. The molecule has 0 aliphatic carbocycles. The Labute approximate surface area is 92.0 Å². The van der Waals surface area contributed by atoms with Crippen LogP contribution in [-0.2, 0) is 0 Å². The Morgan fingerprint density at radius 1 is 1.20 bits per heavy atom. The van der Waals surface area contributed by atoms with Crippen LogP contribution >= 0.6 is 0 Å². The molecule has 15 heavy (non-hydrogen) atoms. The number of hydrogen-bond acceptors (Lipinski definition) is 3. The molecule has 0 aliphatic rings. The van der Waals surface area contributed by atoms with Gasteiger partial charge in [0, 0.05) is 0 Å². The summed E-state index contributed by atoms with van der Waals surface area (Å²) >= 11 is 0. The van der Waals surface area contributed by atoms with E-state index in [1.54, 1.807) is 0 Å². The van der Waals surface area contributed by atoms with E-state index in [0.717, 1.165) is 5.56 Å². The molecule has 4 N–H and O–H groups in total. The molecule has 1 aromatic rings. The van der Waals surface area contributed by atoms with E-state index in [1.807, 2.05) is 7.05 Å². The van der Waals surface area contributed by atoms with Crippen LogP contribution in [0.1, 0.15) is 43.5 Å². The van der Waals surface area contributed by atoms with Crippen molar-refractivity contribution in [1.29, 1.82) is 0 Å². The molecule has 0 bridgehead atoms. The quantitative estimate of drug-likeness (QED) is 0.392. The van der Waals surface area contributed by atoms with E-state index in [2.05, 4.69) is 48.9 Å². The van der Waals surface area contributed by atoms with Gasteiger partial charge in [0.2, 0.25) is 0 Å². The van der Waals surface area contributed by atoms with Gasteiger partial charge < -0.3 is 5.32 Å². The van der Waals surface area contributed by atoms with Crippen molar-refractivity contribution in [2.75, 3.05) is 7.05 Å². The van der Waals surface area contributed by atoms with Crippen molar-refractivity contribution in [2.24, 2.45) is 5.84 Å². The number of hydrogen-bond donors (Lipinski definition) is 3. The first-order valence-electron chi connectivity index (χ1n) is 5.46. The fourth-order valence-electron chi connectivity index (χ4n) is 1.60. The molecule has 2 atom stereocenters. The van der Waals surface area contributed by atoms with Gasteiger partial charge in [-0.3, -0.25) is 5.84 Å². The molecular weight excluding hydrogens is 186 g/mol. The molecule has 0 fully saturated rings. The van der Waals surface area contributed by atoms with Crippen LogP contribution in [0.3, 0.4) is 0 Å². The van der Waals surface area contributed by atoms with Gasteiger partial charge in [-0.05, 0) is 30.5 Å². The molecule has 0 saturated heterocycles. The van der Waals surface area contributed by atoms with Crippen molar-refractivity contribution >= 4 is 0 Å². The van der Waals surface area contributed by atoms with Crippen molar-refractivity contribution in [2.45, 2.75) is 32.4 Å². The van der Waals surface area contributed by atoms with Gasteiger partial charge in [-0.2, -0.15) is 0 Å². The second-order valence-electron chi connectivity index (χ2n) is 3.86. The number of hydrazine groups is 1. The topological polar surface area (TPSA) is 50.1 Å². The van der Waals surface area contributed by atoms with Gasteiger partial charge in [0.1, 0.15) is 0 Å². The molecule has 3 heteroatoms. The molecule has 0 heterocycles. The Kier molecular flexibility index (Phi) is 4.75. The third-order valence-corrected chi connectivity index (χ3v) is 2.91. The Balaban J connectivity index is 2.79. The van der Waals surface area contributed by atoms with E-state index in [-0.39, 0.29) is 6.17 Å². The average Bonchev–Trinajstić information content (AvgIpc) is 2.30. The molecule has 1 rings (SSSR count). The molecular formula is C12H21N3. The van der Waals surface area contributed by atoms with Crippen LogP contribution in [0, 0.1) is 0 Å². The van der Waals surface area contributed by atoms with Crippen molar-refractivity contribution < 1.29 is 0 Å². The Hall–Kier alpha value is -0.900. The highest BCUT2D eigenvalue weighted by atomic mass is 15.3. The molecule has 0 amide bonds. The average molecular weight is 207 g/mol. The number of nitrogens with one attached hydrogen (secondary N) is 2. The van der Waals surface area contributed by atoms with E-state index in [9.17, 15) is 0 Å².